The number of carbonyl (C=O) groups excluding carboxylic acids is 2. The molecule has 162 valence electrons. The van der Waals surface area contributed by atoms with E-state index < -0.39 is 17.9 Å². The van der Waals surface area contributed by atoms with E-state index in [1.54, 1.807) is 36.4 Å². The summed E-state index contributed by atoms with van der Waals surface area (Å²) in [6, 6.07) is 4.74. The van der Waals surface area contributed by atoms with Gasteiger partial charge in [-0.25, -0.2) is 9.59 Å². The summed E-state index contributed by atoms with van der Waals surface area (Å²) in [5.41, 5.74) is 1.17. The van der Waals surface area contributed by atoms with Gasteiger partial charge in [0.05, 0.1) is 44.0 Å². The molecule has 0 spiro atoms. The summed E-state index contributed by atoms with van der Waals surface area (Å²) in [4.78, 5) is 27.1. The summed E-state index contributed by atoms with van der Waals surface area (Å²) in [7, 11) is 2.59. The molecule has 2 aliphatic rings. The van der Waals surface area contributed by atoms with Gasteiger partial charge in [0.2, 0.25) is 0 Å². The van der Waals surface area contributed by atoms with E-state index in [0.717, 1.165) is 12.8 Å². The van der Waals surface area contributed by atoms with Crippen molar-refractivity contribution >= 4 is 11.9 Å². The van der Waals surface area contributed by atoms with Crippen LogP contribution in [0.15, 0.2) is 41.7 Å². The van der Waals surface area contributed by atoms with E-state index in [0.29, 0.717) is 25.3 Å². The quantitative estimate of drug-likeness (QED) is 0.677. The number of hydrogen-bond donors (Lipinski definition) is 1. The maximum atomic E-state index is 12.7. The molecule has 0 radical (unpaired) electrons. The first kappa shape index (κ1) is 21.7. The highest BCUT2D eigenvalue weighted by Crippen LogP contribution is 2.40. The zero-order valence-corrected chi connectivity index (χ0v) is 17.4. The zero-order chi connectivity index (χ0) is 21.7. The van der Waals surface area contributed by atoms with E-state index in [2.05, 4.69) is 0 Å². The molecule has 0 unspecified atom stereocenters. The second-order valence-electron chi connectivity index (χ2n) is 7.08. The normalized spacial score (nSPS) is 19.2. The van der Waals surface area contributed by atoms with Gasteiger partial charge >= 0.3 is 11.9 Å². The van der Waals surface area contributed by atoms with E-state index in [1.807, 2.05) is 0 Å². The number of ether oxygens (including phenoxy) is 4. The lowest BCUT2D eigenvalue weighted by atomic mass is 9.83. The fraction of sp³-hybridized carbons (Fsp3) is 0.455. The Morgan fingerprint density at radius 1 is 1.17 bits per heavy atom. The summed E-state index contributed by atoms with van der Waals surface area (Å²) >= 11 is 0. The molecule has 0 aromatic heterocycles. The minimum atomic E-state index is -0.731. The van der Waals surface area contributed by atoms with Crippen LogP contribution in [0, 0.1) is 0 Å². The van der Waals surface area contributed by atoms with Crippen molar-refractivity contribution in [1.29, 1.82) is 0 Å². The second-order valence-corrected chi connectivity index (χ2v) is 7.08. The van der Waals surface area contributed by atoms with Crippen LogP contribution in [0.3, 0.4) is 0 Å². The molecule has 2 heterocycles. The molecule has 30 heavy (non-hydrogen) atoms. The van der Waals surface area contributed by atoms with Gasteiger partial charge < -0.3 is 29.0 Å². The molecule has 0 saturated carbocycles. The molecule has 1 aromatic rings. The number of hydrogen-bond acceptors (Lipinski definition) is 8. The first-order valence-electron chi connectivity index (χ1n) is 9.91. The number of rotatable bonds is 7. The van der Waals surface area contributed by atoms with Gasteiger partial charge in [-0.15, -0.1) is 0 Å². The van der Waals surface area contributed by atoms with E-state index >= 15 is 0 Å². The topological polar surface area (TPSA) is 94.5 Å². The van der Waals surface area contributed by atoms with Crippen LogP contribution in [0.4, 0.5) is 0 Å². The van der Waals surface area contributed by atoms with Crippen molar-refractivity contribution in [1.82, 2.24) is 4.90 Å². The van der Waals surface area contributed by atoms with Crippen molar-refractivity contribution in [2.75, 3.05) is 34.0 Å². The van der Waals surface area contributed by atoms with Crippen molar-refractivity contribution in [3.8, 4) is 11.5 Å². The van der Waals surface area contributed by atoms with Gasteiger partial charge in [-0.2, -0.15) is 0 Å². The van der Waals surface area contributed by atoms with E-state index in [1.165, 1.54) is 20.3 Å². The van der Waals surface area contributed by atoms with Crippen LogP contribution in [-0.4, -0.2) is 62.0 Å². The van der Waals surface area contributed by atoms with E-state index in [4.69, 9.17) is 18.9 Å². The lowest BCUT2D eigenvalue weighted by Crippen LogP contribution is -2.32. The highest BCUT2D eigenvalue weighted by atomic mass is 16.5. The Morgan fingerprint density at radius 2 is 1.83 bits per heavy atom. The summed E-state index contributed by atoms with van der Waals surface area (Å²) in [5.74, 6) is -1.60. The van der Waals surface area contributed by atoms with Crippen LogP contribution in [0.1, 0.15) is 31.2 Å². The molecule has 1 atom stereocenters. The first-order chi connectivity index (χ1) is 14.5. The Bertz CT molecular complexity index is 821. The second kappa shape index (κ2) is 9.67. The third kappa shape index (κ3) is 4.59. The highest BCUT2D eigenvalue weighted by molar-refractivity contribution is 5.98. The Labute approximate surface area is 175 Å². The highest BCUT2D eigenvalue weighted by Gasteiger charge is 2.36. The van der Waals surface area contributed by atoms with Crippen LogP contribution in [-0.2, 0) is 23.8 Å². The van der Waals surface area contributed by atoms with Crippen LogP contribution >= 0.6 is 0 Å². The Kier molecular flexibility index (Phi) is 6.99. The number of esters is 2. The SMILES string of the molecule is CCOc1cc(C2C(C(=O)OC)=CN(C[C@H]3CCCO3)C=C2C(=O)OC)ccc1O. The third-order valence-corrected chi connectivity index (χ3v) is 5.13. The molecule has 2 aliphatic heterocycles. The fourth-order valence-electron chi connectivity index (χ4n) is 3.76. The van der Waals surface area contributed by atoms with Crippen LogP contribution in [0.5, 0.6) is 11.5 Å². The lowest BCUT2D eigenvalue weighted by molar-refractivity contribution is -0.137. The van der Waals surface area contributed by atoms with Gasteiger partial charge in [0.15, 0.2) is 11.5 Å². The minimum Gasteiger partial charge on any atom is -0.504 e. The first-order valence-corrected chi connectivity index (χ1v) is 9.91. The van der Waals surface area contributed by atoms with Crippen molar-refractivity contribution in [2.24, 2.45) is 0 Å². The smallest absolute Gasteiger partial charge is 0.336 e. The number of phenolic OH excluding ortho intramolecular Hbond substituents is 1. The van der Waals surface area contributed by atoms with Gasteiger partial charge in [-0.05, 0) is 37.5 Å². The van der Waals surface area contributed by atoms with Gasteiger partial charge in [0.1, 0.15) is 0 Å². The molecule has 0 aliphatic carbocycles. The maximum absolute atomic E-state index is 12.7. The molecule has 0 bridgehead atoms. The van der Waals surface area contributed by atoms with Crippen LogP contribution in [0.25, 0.3) is 0 Å². The molecule has 0 amide bonds. The van der Waals surface area contributed by atoms with E-state index in [9.17, 15) is 14.7 Å². The summed E-state index contributed by atoms with van der Waals surface area (Å²) in [6.07, 6.45) is 5.27. The average Bonchev–Trinajstić information content (AvgIpc) is 3.26. The third-order valence-electron chi connectivity index (χ3n) is 5.13. The Morgan fingerprint density at radius 3 is 2.37 bits per heavy atom. The minimum absolute atomic E-state index is 0.0186. The number of phenols is 1. The van der Waals surface area contributed by atoms with Crippen molar-refractivity contribution in [3.63, 3.8) is 0 Å². The van der Waals surface area contributed by atoms with Crippen molar-refractivity contribution in [2.45, 2.75) is 31.8 Å². The Hall–Kier alpha value is -3.00. The van der Waals surface area contributed by atoms with Gasteiger partial charge in [-0.3, -0.25) is 0 Å². The number of benzene rings is 1. The molecule has 8 heteroatoms. The number of aromatic hydroxyl groups is 1. The average molecular weight is 417 g/mol. The largest absolute Gasteiger partial charge is 0.504 e. The molecule has 1 aromatic carbocycles. The molecular weight excluding hydrogens is 390 g/mol. The number of nitrogens with zero attached hydrogens (tertiary/aromatic N) is 1. The predicted molar refractivity (Wildman–Crippen MR) is 108 cm³/mol. The van der Waals surface area contributed by atoms with Gasteiger partial charge in [0, 0.05) is 25.6 Å². The fourth-order valence-corrected chi connectivity index (χ4v) is 3.76. The molecule has 8 nitrogen and oxygen atoms in total. The van der Waals surface area contributed by atoms with Gasteiger partial charge in [0.25, 0.3) is 0 Å². The lowest BCUT2D eigenvalue weighted by Gasteiger charge is -2.31. The maximum Gasteiger partial charge on any atom is 0.336 e. The summed E-state index contributed by atoms with van der Waals surface area (Å²) < 4.78 is 21.2. The Balaban J connectivity index is 2.05. The molecule has 1 saturated heterocycles. The summed E-state index contributed by atoms with van der Waals surface area (Å²) in [5, 5.41) is 10.0. The van der Waals surface area contributed by atoms with Crippen LogP contribution < -0.4 is 4.74 Å². The van der Waals surface area contributed by atoms with E-state index in [-0.39, 0.29) is 28.7 Å². The predicted octanol–water partition coefficient (Wildman–Crippen LogP) is 2.48. The van der Waals surface area contributed by atoms with Crippen molar-refractivity contribution in [3.05, 3.63) is 47.3 Å². The number of carbonyl (C=O) groups is 2. The molecule has 3 rings (SSSR count). The molecular formula is C22H27NO7. The standard InChI is InChI=1S/C22H27NO7/c1-4-29-19-10-14(7-8-18(19)24)20-16(21(25)27-2)12-23(11-15-6-5-9-30-15)13-17(20)22(26)28-3/h7-8,10,12-13,15,20,24H,4-6,9,11H2,1-3H3/t15-/m1/s1. The molecule has 1 N–H and O–H groups in total. The van der Waals surface area contributed by atoms with Crippen LogP contribution in [0.2, 0.25) is 0 Å². The summed E-state index contributed by atoms with van der Waals surface area (Å²) in [6.45, 7) is 3.37. The number of methoxy groups -OCH3 is 2. The van der Waals surface area contributed by atoms with Crippen molar-refractivity contribution < 1.29 is 33.6 Å². The van der Waals surface area contributed by atoms with Gasteiger partial charge in [-0.1, -0.05) is 6.07 Å². The monoisotopic (exact) mass is 417 g/mol. The zero-order valence-electron chi connectivity index (χ0n) is 17.4. The molecule has 1 fully saturated rings.